The topological polar surface area (TPSA) is 95.0 Å². The number of rotatable bonds is 13. The SMILES string of the molecule is C=CCCc1cc(C)nc(OC)c1CNC(=O)c1cccc(N(CC)[C@H]2CC[C@@H](N(C(=O)O)C(C)(C)C)CC2)c1CC=C. The van der Waals surface area contributed by atoms with E-state index in [0.717, 1.165) is 73.1 Å². The standard InChI is InChI=1S/C35H50N4O4/c1-9-12-15-25-22-24(4)37-33(43-8)30(25)23-36-32(40)29-16-13-17-31(28(29)14-10-2)38(11-3)26-18-20-27(21-19-26)39(34(41)42)35(5,6)7/h9-10,13,16-17,22,26-27H,1-2,11-12,14-15,18-21,23H2,3-8H3,(H,36,40)(H,41,42)/t26-,27+. The van der Waals surface area contributed by atoms with Gasteiger partial charge in [0.15, 0.2) is 0 Å². The van der Waals surface area contributed by atoms with Crippen molar-refractivity contribution in [3.05, 3.63) is 77.5 Å². The van der Waals surface area contributed by atoms with Gasteiger partial charge in [-0.05, 0) is 109 Å². The Bertz CT molecular complexity index is 1290. The maximum Gasteiger partial charge on any atom is 0.407 e. The zero-order chi connectivity index (χ0) is 31.7. The van der Waals surface area contributed by atoms with Gasteiger partial charge in [0, 0.05) is 53.2 Å². The predicted octanol–water partition coefficient (Wildman–Crippen LogP) is 7.09. The number of hydrogen-bond donors (Lipinski definition) is 2. The van der Waals surface area contributed by atoms with E-state index in [1.54, 1.807) is 12.0 Å². The molecular weight excluding hydrogens is 540 g/mol. The number of nitrogens with zero attached hydrogens (tertiary/aromatic N) is 3. The number of allylic oxidation sites excluding steroid dienone is 2. The highest BCUT2D eigenvalue weighted by molar-refractivity contribution is 5.97. The van der Waals surface area contributed by atoms with Crippen LogP contribution in [0.1, 0.15) is 92.5 Å². The molecule has 2 N–H and O–H groups in total. The third-order valence-electron chi connectivity index (χ3n) is 8.34. The molecule has 1 saturated carbocycles. The van der Waals surface area contributed by atoms with Crippen molar-refractivity contribution in [2.45, 2.75) is 104 Å². The van der Waals surface area contributed by atoms with Gasteiger partial charge in [0.1, 0.15) is 0 Å². The molecule has 3 rings (SSSR count). The number of aryl methyl sites for hydroxylation is 2. The summed E-state index contributed by atoms with van der Waals surface area (Å²) in [5.41, 5.74) is 4.99. The Kier molecular flexibility index (Phi) is 11.8. The Balaban J connectivity index is 1.85. The predicted molar refractivity (Wildman–Crippen MR) is 174 cm³/mol. The number of anilines is 1. The molecule has 0 saturated heterocycles. The van der Waals surface area contributed by atoms with Crippen LogP contribution in [0.15, 0.2) is 49.6 Å². The van der Waals surface area contributed by atoms with Crippen molar-refractivity contribution in [2.75, 3.05) is 18.6 Å². The second-order valence-electron chi connectivity index (χ2n) is 12.3. The van der Waals surface area contributed by atoms with E-state index in [2.05, 4.69) is 41.3 Å². The number of carboxylic acid groups (broad SMARTS) is 1. The number of methoxy groups -OCH3 is 1. The smallest absolute Gasteiger partial charge is 0.407 e. The fraction of sp³-hybridized carbons (Fsp3) is 0.514. The van der Waals surface area contributed by atoms with E-state index >= 15 is 0 Å². The molecule has 1 fully saturated rings. The number of pyridine rings is 1. The average Bonchev–Trinajstić information content (AvgIpc) is 2.96. The van der Waals surface area contributed by atoms with E-state index < -0.39 is 11.6 Å². The largest absolute Gasteiger partial charge is 0.481 e. The van der Waals surface area contributed by atoms with Gasteiger partial charge >= 0.3 is 6.09 Å². The van der Waals surface area contributed by atoms with E-state index in [0.29, 0.717) is 24.4 Å². The lowest BCUT2D eigenvalue weighted by atomic mass is 9.86. The zero-order valence-corrected chi connectivity index (χ0v) is 26.9. The summed E-state index contributed by atoms with van der Waals surface area (Å²) in [6.45, 7) is 18.9. The van der Waals surface area contributed by atoms with Gasteiger partial charge in [-0.25, -0.2) is 9.78 Å². The van der Waals surface area contributed by atoms with Gasteiger partial charge in [-0.3, -0.25) is 4.79 Å². The molecule has 1 aromatic carbocycles. The number of benzene rings is 1. The fourth-order valence-corrected chi connectivity index (χ4v) is 6.50. The number of hydrogen-bond acceptors (Lipinski definition) is 5. The van der Waals surface area contributed by atoms with Crippen LogP contribution >= 0.6 is 0 Å². The summed E-state index contributed by atoms with van der Waals surface area (Å²) < 4.78 is 5.59. The molecule has 8 nitrogen and oxygen atoms in total. The van der Waals surface area contributed by atoms with Crippen LogP contribution in [0, 0.1) is 6.92 Å². The molecule has 2 amide bonds. The Morgan fingerprint density at radius 3 is 2.35 bits per heavy atom. The lowest BCUT2D eigenvalue weighted by Gasteiger charge is -2.45. The molecule has 1 aromatic heterocycles. The van der Waals surface area contributed by atoms with Gasteiger partial charge in [-0.2, -0.15) is 0 Å². The molecule has 1 heterocycles. The third-order valence-corrected chi connectivity index (χ3v) is 8.34. The number of nitrogens with one attached hydrogen (secondary N) is 1. The minimum atomic E-state index is -0.859. The van der Waals surface area contributed by atoms with Crippen LogP contribution in [-0.2, 0) is 19.4 Å². The number of carbonyl (C=O) groups is 2. The molecular formula is C35H50N4O4. The number of ether oxygens (including phenoxy) is 1. The highest BCUT2D eigenvalue weighted by Gasteiger charge is 2.37. The van der Waals surface area contributed by atoms with Crippen LogP contribution in [0.5, 0.6) is 5.88 Å². The monoisotopic (exact) mass is 590 g/mol. The Morgan fingerprint density at radius 1 is 1.12 bits per heavy atom. The van der Waals surface area contributed by atoms with E-state index in [-0.39, 0.29) is 18.0 Å². The molecule has 0 unspecified atom stereocenters. The van der Waals surface area contributed by atoms with E-state index in [4.69, 9.17) is 4.74 Å². The van der Waals surface area contributed by atoms with Crippen molar-refractivity contribution in [2.24, 2.45) is 0 Å². The van der Waals surface area contributed by atoms with Gasteiger partial charge < -0.3 is 25.0 Å². The van der Waals surface area contributed by atoms with Crippen LogP contribution in [-0.4, -0.2) is 58.3 Å². The minimum Gasteiger partial charge on any atom is -0.481 e. The normalized spacial score (nSPS) is 16.7. The van der Waals surface area contributed by atoms with E-state index in [1.807, 2.05) is 58.0 Å². The van der Waals surface area contributed by atoms with Gasteiger partial charge in [-0.15, -0.1) is 13.2 Å². The van der Waals surface area contributed by atoms with Crippen LogP contribution < -0.4 is 15.0 Å². The molecule has 2 aromatic rings. The van der Waals surface area contributed by atoms with Crippen LogP contribution in [0.4, 0.5) is 10.5 Å². The lowest BCUT2D eigenvalue weighted by molar-refractivity contribution is 0.0545. The summed E-state index contributed by atoms with van der Waals surface area (Å²) >= 11 is 0. The minimum absolute atomic E-state index is 0.00170. The summed E-state index contributed by atoms with van der Waals surface area (Å²) in [6, 6.07) is 8.21. The molecule has 0 atom stereocenters. The van der Waals surface area contributed by atoms with E-state index in [9.17, 15) is 14.7 Å². The molecule has 234 valence electrons. The molecule has 0 spiro atoms. The summed E-state index contributed by atoms with van der Waals surface area (Å²) in [6.07, 6.45) is 8.42. The van der Waals surface area contributed by atoms with Crippen molar-refractivity contribution in [1.29, 1.82) is 0 Å². The van der Waals surface area contributed by atoms with Gasteiger partial charge in [0.05, 0.1) is 7.11 Å². The molecule has 8 heteroatoms. The highest BCUT2D eigenvalue weighted by atomic mass is 16.5. The van der Waals surface area contributed by atoms with Crippen LogP contribution in [0.3, 0.4) is 0 Å². The van der Waals surface area contributed by atoms with Crippen molar-refractivity contribution in [3.63, 3.8) is 0 Å². The first-order chi connectivity index (χ1) is 20.5. The van der Waals surface area contributed by atoms with Gasteiger partial charge in [-0.1, -0.05) is 18.2 Å². The van der Waals surface area contributed by atoms with Gasteiger partial charge in [0.2, 0.25) is 5.88 Å². The second-order valence-corrected chi connectivity index (χ2v) is 12.3. The Morgan fingerprint density at radius 2 is 1.79 bits per heavy atom. The second kappa shape index (κ2) is 15.1. The summed E-state index contributed by atoms with van der Waals surface area (Å²) in [5.74, 6) is 0.373. The molecule has 0 bridgehead atoms. The third kappa shape index (κ3) is 8.18. The maximum absolute atomic E-state index is 13.7. The van der Waals surface area contributed by atoms with Crippen molar-refractivity contribution < 1.29 is 19.4 Å². The molecule has 0 aliphatic heterocycles. The van der Waals surface area contributed by atoms with Crippen molar-refractivity contribution in [3.8, 4) is 5.88 Å². The van der Waals surface area contributed by atoms with Gasteiger partial charge in [0.25, 0.3) is 5.91 Å². The summed E-state index contributed by atoms with van der Waals surface area (Å²) in [4.78, 5) is 34.3. The summed E-state index contributed by atoms with van der Waals surface area (Å²) in [7, 11) is 1.60. The quantitative estimate of drug-likeness (QED) is 0.242. The number of carbonyl (C=O) groups excluding carboxylic acids is 1. The Hall–Kier alpha value is -3.81. The first kappa shape index (κ1) is 33.7. The van der Waals surface area contributed by atoms with Crippen LogP contribution in [0.25, 0.3) is 0 Å². The molecule has 0 radical (unpaired) electrons. The van der Waals surface area contributed by atoms with Crippen molar-refractivity contribution in [1.82, 2.24) is 15.2 Å². The maximum atomic E-state index is 13.7. The fourth-order valence-electron chi connectivity index (χ4n) is 6.50. The number of amides is 2. The molecule has 43 heavy (non-hydrogen) atoms. The first-order valence-corrected chi connectivity index (χ1v) is 15.4. The molecule has 1 aliphatic carbocycles. The lowest BCUT2D eigenvalue weighted by Crippen LogP contribution is -2.53. The average molecular weight is 591 g/mol. The molecule has 1 aliphatic rings. The summed E-state index contributed by atoms with van der Waals surface area (Å²) in [5, 5.41) is 13.0. The highest BCUT2D eigenvalue weighted by Crippen LogP contribution is 2.35. The first-order valence-electron chi connectivity index (χ1n) is 15.4. The van der Waals surface area contributed by atoms with Crippen LogP contribution in [0.2, 0.25) is 0 Å². The van der Waals surface area contributed by atoms with E-state index in [1.165, 1.54) is 0 Å². The Labute approximate surface area is 257 Å². The number of aromatic nitrogens is 1. The van der Waals surface area contributed by atoms with Crippen molar-refractivity contribution >= 4 is 17.7 Å². The zero-order valence-electron chi connectivity index (χ0n) is 26.9.